The minimum atomic E-state index is -3.77. The number of aryl methyl sites for hydroxylation is 1. The molecule has 0 bridgehead atoms. The third-order valence-corrected chi connectivity index (χ3v) is 8.07. The van der Waals surface area contributed by atoms with Crippen molar-refractivity contribution in [1.29, 1.82) is 0 Å². The molecule has 0 saturated carbocycles. The average molecular weight is 469 g/mol. The van der Waals surface area contributed by atoms with Gasteiger partial charge in [0.1, 0.15) is 4.90 Å². The molecule has 0 atom stereocenters. The molecule has 3 rings (SSSR count). The maximum absolute atomic E-state index is 12.9. The Hall–Kier alpha value is -1.58. The average Bonchev–Trinajstić information content (AvgIpc) is 2.74. The first-order valence-electron chi connectivity index (χ1n) is 9.67. The lowest BCUT2D eigenvalue weighted by molar-refractivity contribution is 0.0730. The Morgan fingerprint density at radius 3 is 2.70 bits per heavy atom. The first-order chi connectivity index (χ1) is 14.4. The number of carbonyl (C=O) groups excluding carboxylic acids is 1. The van der Waals surface area contributed by atoms with Crippen LogP contribution in [0.15, 0.2) is 47.4 Å². The zero-order chi connectivity index (χ0) is 21.6. The molecule has 1 aliphatic rings. The highest BCUT2D eigenvalue weighted by molar-refractivity contribution is 7.98. The minimum Gasteiger partial charge on any atom is -0.379 e. The number of nitrogens with one attached hydrogen (secondary N) is 1. The molecule has 1 fully saturated rings. The van der Waals surface area contributed by atoms with Crippen molar-refractivity contribution >= 4 is 39.3 Å². The Bertz CT molecular complexity index is 992. The molecule has 30 heavy (non-hydrogen) atoms. The fourth-order valence-corrected chi connectivity index (χ4v) is 5.81. The van der Waals surface area contributed by atoms with Crippen LogP contribution in [-0.4, -0.2) is 57.2 Å². The molecule has 1 N–H and O–H groups in total. The maximum atomic E-state index is 12.9. The van der Waals surface area contributed by atoms with E-state index < -0.39 is 10.0 Å². The van der Waals surface area contributed by atoms with Crippen molar-refractivity contribution in [3.8, 4) is 0 Å². The highest BCUT2D eigenvalue weighted by Gasteiger charge is 2.29. The van der Waals surface area contributed by atoms with Crippen LogP contribution in [0.5, 0.6) is 0 Å². The van der Waals surface area contributed by atoms with Gasteiger partial charge in [0.25, 0.3) is 5.91 Å². The number of sulfonamides is 1. The van der Waals surface area contributed by atoms with Crippen molar-refractivity contribution < 1.29 is 17.9 Å². The molecule has 0 spiro atoms. The highest BCUT2D eigenvalue weighted by Crippen LogP contribution is 2.26. The number of carbonyl (C=O) groups is 1. The molecular formula is C21H25ClN2O4S2. The second-order valence-corrected chi connectivity index (χ2v) is 10.4. The fraction of sp³-hybridized carbons (Fsp3) is 0.381. The zero-order valence-corrected chi connectivity index (χ0v) is 19.2. The number of morpholine rings is 1. The van der Waals surface area contributed by atoms with E-state index in [-0.39, 0.29) is 34.5 Å². The van der Waals surface area contributed by atoms with Gasteiger partial charge in [-0.15, -0.1) is 0 Å². The number of rotatable bonds is 8. The lowest BCUT2D eigenvalue weighted by atomic mass is 10.2. The van der Waals surface area contributed by atoms with Crippen molar-refractivity contribution in [2.24, 2.45) is 0 Å². The Kier molecular flexibility index (Phi) is 8.19. The number of nitrogens with zero attached hydrogens (tertiary/aromatic N) is 1. The lowest BCUT2D eigenvalue weighted by Gasteiger charge is -2.26. The molecule has 2 aromatic rings. The summed E-state index contributed by atoms with van der Waals surface area (Å²) in [4.78, 5) is 12.4. The maximum Gasteiger partial charge on any atom is 0.251 e. The van der Waals surface area contributed by atoms with E-state index in [1.54, 1.807) is 11.8 Å². The molecule has 1 saturated heterocycles. The summed E-state index contributed by atoms with van der Waals surface area (Å²) in [5, 5.41) is 2.95. The summed E-state index contributed by atoms with van der Waals surface area (Å²) < 4.78 is 32.3. The fourth-order valence-electron chi connectivity index (χ4n) is 3.10. The van der Waals surface area contributed by atoms with Gasteiger partial charge >= 0.3 is 0 Å². The van der Waals surface area contributed by atoms with Gasteiger partial charge in [0.05, 0.1) is 18.2 Å². The first-order valence-corrected chi connectivity index (χ1v) is 12.6. The van der Waals surface area contributed by atoms with Crippen LogP contribution in [0, 0.1) is 6.92 Å². The Balaban J connectivity index is 1.56. The third kappa shape index (κ3) is 5.98. The van der Waals surface area contributed by atoms with Gasteiger partial charge in [-0.25, -0.2) is 8.42 Å². The summed E-state index contributed by atoms with van der Waals surface area (Å²) in [6.07, 6.45) is 0. The Labute approximate surface area is 187 Å². The van der Waals surface area contributed by atoms with Crippen LogP contribution >= 0.6 is 23.4 Å². The molecule has 0 aliphatic carbocycles. The van der Waals surface area contributed by atoms with E-state index in [9.17, 15) is 13.2 Å². The summed E-state index contributed by atoms with van der Waals surface area (Å²) in [5.74, 6) is 1.31. The van der Waals surface area contributed by atoms with Crippen LogP contribution < -0.4 is 5.32 Å². The van der Waals surface area contributed by atoms with Crippen molar-refractivity contribution in [1.82, 2.24) is 9.62 Å². The molecule has 0 unspecified atom stereocenters. The van der Waals surface area contributed by atoms with Gasteiger partial charge in [0.2, 0.25) is 10.0 Å². The number of hydrogen-bond acceptors (Lipinski definition) is 5. The van der Waals surface area contributed by atoms with E-state index in [1.807, 2.05) is 6.07 Å². The monoisotopic (exact) mass is 468 g/mol. The number of amides is 1. The van der Waals surface area contributed by atoms with E-state index in [2.05, 4.69) is 30.4 Å². The molecule has 6 nitrogen and oxygen atoms in total. The zero-order valence-electron chi connectivity index (χ0n) is 16.8. The Morgan fingerprint density at radius 2 is 1.97 bits per heavy atom. The van der Waals surface area contributed by atoms with Crippen molar-refractivity contribution in [2.45, 2.75) is 17.6 Å². The van der Waals surface area contributed by atoms with Gasteiger partial charge < -0.3 is 10.1 Å². The molecule has 0 radical (unpaired) electrons. The topological polar surface area (TPSA) is 75.7 Å². The van der Waals surface area contributed by atoms with E-state index >= 15 is 0 Å². The standard InChI is InChI=1S/C21H25ClN2O4S2/c1-16-3-2-4-17(13-16)15-29-12-7-23-21(25)18-5-6-19(22)20(14-18)30(26,27)24-8-10-28-11-9-24/h2-6,13-14H,7-12,15H2,1H3,(H,23,25). The molecule has 1 amide bonds. The summed E-state index contributed by atoms with van der Waals surface area (Å²) >= 11 is 7.88. The van der Waals surface area contributed by atoms with Crippen molar-refractivity contribution in [2.75, 3.05) is 38.6 Å². The SMILES string of the molecule is Cc1cccc(CSCCNC(=O)c2ccc(Cl)c(S(=O)(=O)N3CCOCC3)c2)c1. The highest BCUT2D eigenvalue weighted by atomic mass is 35.5. The predicted molar refractivity (Wildman–Crippen MR) is 121 cm³/mol. The summed E-state index contributed by atoms with van der Waals surface area (Å²) in [6.45, 7) is 3.78. The largest absolute Gasteiger partial charge is 0.379 e. The van der Waals surface area contributed by atoms with E-state index in [1.165, 1.54) is 33.6 Å². The van der Waals surface area contributed by atoms with Crippen LogP contribution in [0.2, 0.25) is 5.02 Å². The van der Waals surface area contributed by atoms with E-state index in [0.29, 0.717) is 19.8 Å². The quantitative estimate of drug-likeness (QED) is 0.601. The summed E-state index contributed by atoms with van der Waals surface area (Å²) in [7, 11) is -3.77. The van der Waals surface area contributed by atoms with Crippen molar-refractivity contribution in [3.63, 3.8) is 0 Å². The van der Waals surface area contributed by atoms with E-state index in [0.717, 1.165) is 11.5 Å². The molecule has 0 aromatic heterocycles. The third-order valence-electron chi connectivity index (χ3n) is 4.66. The molecular weight excluding hydrogens is 444 g/mol. The van der Waals surface area contributed by atoms with Gasteiger partial charge in [-0.05, 0) is 30.7 Å². The van der Waals surface area contributed by atoms with Crippen LogP contribution in [0.4, 0.5) is 0 Å². The van der Waals surface area contributed by atoms with Crippen LogP contribution in [0.3, 0.4) is 0 Å². The number of hydrogen-bond donors (Lipinski definition) is 1. The molecule has 9 heteroatoms. The molecule has 1 aliphatic heterocycles. The van der Waals surface area contributed by atoms with Gasteiger partial charge in [-0.1, -0.05) is 41.4 Å². The minimum absolute atomic E-state index is 0.0486. The first kappa shape index (κ1) is 23.1. The summed E-state index contributed by atoms with van der Waals surface area (Å²) in [6, 6.07) is 12.7. The Morgan fingerprint density at radius 1 is 1.20 bits per heavy atom. The normalized spacial score (nSPS) is 15.1. The van der Waals surface area contributed by atoms with E-state index in [4.69, 9.17) is 16.3 Å². The molecule has 162 valence electrons. The predicted octanol–water partition coefficient (Wildman–Crippen LogP) is 3.33. The van der Waals surface area contributed by atoms with Crippen LogP contribution in [-0.2, 0) is 20.5 Å². The van der Waals surface area contributed by atoms with Gasteiger partial charge in [-0.3, -0.25) is 4.79 Å². The number of halogens is 1. The second-order valence-electron chi connectivity index (χ2n) is 6.96. The van der Waals surface area contributed by atoms with Gasteiger partial charge in [-0.2, -0.15) is 16.1 Å². The number of thioether (sulfide) groups is 1. The second kappa shape index (κ2) is 10.6. The van der Waals surface area contributed by atoms with Crippen molar-refractivity contribution in [3.05, 3.63) is 64.2 Å². The van der Waals surface area contributed by atoms with Crippen LogP contribution in [0.25, 0.3) is 0 Å². The van der Waals surface area contributed by atoms with Gasteiger partial charge in [0, 0.05) is 36.7 Å². The summed E-state index contributed by atoms with van der Waals surface area (Å²) in [5.41, 5.74) is 2.75. The number of ether oxygens (including phenoxy) is 1. The van der Waals surface area contributed by atoms with Crippen LogP contribution in [0.1, 0.15) is 21.5 Å². The molecule has 1 heterocycles. The van der Waals surface area contributed by atoms with Gasteiger partial charge in [0.15, 0.2) is 0 Å². The smallest absolute Gasteiger partial charge is 0.251 e. The lowest BCUT2D eigenvalue weighted by Crippen LogP contribution is -2.40. The number of benzene rings is 2. The molecule has 2 aromatic carbocycles.